The number of guanidine groups is 1. The van der Waals surface area contributed by atoms with Crippen LogP contribution in [0.4, 0.5) is 0 Å². The molecule has 0 saturated carbocycles. The van der Waals surface area contributed by atoms with Gasteiger partial charge in [-0.3, -0.25) is 14.5 Å². The lowest BCUT2D eigenvalue weighted by Gasteiger charge is -1.74. The second kappa shape index (κ2) is 6.61. The summed E-state index contributed by atoms with van der Waals surface area (Å²) in [6.45, 7) is 0. The molecule has 0 spiro atoms. The van der Waals surface area contributed by atoms with E-state index >= 15 is 0 Å². The molecule has 0 aliphatic rings. The first-order valence-electron chi connectivity index (χ1n) is 1.69. The molecule has 0 saturated heterocycles. The molecule has 0 aromatic rings. The van der Waals surface area contributed by atoms with Crippen LogP contribution in [0.5, 0.6) is 0 Å². The fraction of sp³-hybridized carbons (Fsp3) is 0. The van der Waals surface area contributed by atoms with Crippen molar-refractivity contribution >= 4 is 26.2 Å². The van der Waals surface area contributed by atoms with Crippen molar-refractivity contribution in [1.82, 2.24) is 0 Å². The Hall–Kier alpha value is -0.510. The Bertz CT molecular complexity index is 141. The van der Waals surface area contributed by atoms with Gasteiger partial charge in [-0.15, -0.1) is 0 Å². The van der Waals surface area contributed by atoms with Crippen molar-refractivity contribution in [2.24, 2.45) is 11.5 Å². The van der Waals surface area contributed by atoms with Crippen LogP contribution in [-0.4, -0.2) is 23.5 Å². The molecule has 0 aromatic carbocycles. The van der Waals surface area contributed by atoms with Crippen molar-refractivity contribution in [2.75, 3.05) is 0 Å². The first-order valence-corrected chi connectivity index (χ1v) is 4.42. The highest BCUT2D eigenvalue weighted by Gasteiger charge is 1.95. The molecule has 2 unspecified atom stereocenters. The lowest BCUT2D eigenvalue weighted by molar-refractivity contribution is 0.548. The van der Waals surface area contributed by atoms with Crippen LogP contribution < -0.4 is 11.5 Å². The third kappa shape index (κ3) is 25.9. The highest BCUT2D eigenvalue weighted by molar-refractivity contribution is 8.56. The molecule has 0 bridgehead atoms. The third-order valence-corrected chi connectivity index (χ3v) is 1.10. The largest absolute Gasteiger partial charge is 0.370 e. The molecule has 0 aliphatic carbocycles. The SMILES string of the molecule is N=C(N)N.O=S(O)S(=O)O. The predicted octanol–water partition coefficient (Wildman–Crippen LogP) is -1.82. The van der Waals surface area contributed by atoms with Gasteiger partial charge in [0.1, 0.15) is 0 Å². The first-order chi connectivity index (χ1) is 4.37. The van der Waals surface area contributed by atoms with E-state index < -0.39 is 20.2 Å². The molecule has 62 valence electrons. The smallest absolute Gasteiger partial charge is 0.274 e. The van der Waals surface area contributed by atoms with E-state index in [1.165, 1.54) is 0 Å². The van der Waals surface area contributed by atoms with Crippen molar-refractivity contribution < 1.29 is 17.5 Å². The molecule has 10 heavy (non-hydrogen) atoms. The topological polar surface area (TPSA) is 150 Å². The summed E-state index contributed by atoms with van der Waals surface area (Å²) in [6.07, 6.45) is 0. The predicted molar refractivity (Wildman–Crippen MR) is 37.6 cm³/mol. The summed E-state index contributed by atoms with van der Waals surface area (Å²) in [5.74, 6) is -0.333. The molecule has 0 heterocycles. The Morgan fingerprint density at radius 2 is 1.30 bits per heavy atom. The minimum Gasteiger partial charge on any atom is -0.370 e. The molecule has 0 aliphatic heterocycles. The van der Waals surface area contributed by atoms with Crippen LogP contribution in [0.3, 0.4) is 0 Å². The maximum absolute atomic E-state index is 9.26. The average molecular weight is 189 g/mol. The zero-order valence-electron chi connectivity index (χ0n) is 4.68. The van der Waals surface area contributed by atoms with Gasteiger partial charge in [0.05, 0.1) is 0 Å². The lowest BCUT2D eigenvalue weighted by Crippen LogP contribution is -2.20. The minimum atomic E-state index is -2.59. The molecule has 0 aromatic heterocycles. The van der Waals surface area contributed by atoms with E-state index in [0.29, 0.717) is 0 Å². The van der Waals surface area contributed by atoms with Crippen molar-refractivity contribution in [3.63, 3.8) is 0 Å². The molecule has 0 amide bonds. The van der Waals surface area contributed by atoms with Gasteiger partial charge in [-0.1, -0.05) is 0 Å². The number of hydrogen-bond acceptors (Lipinski definition) is 3. The second-order valence-electron chi connectivity index (χ2n) is 0.890. The Morgan fingerprint density at radius 1 is 1.20 bits per heavy atom. The fourth-order valence-electron chi connectivity index (χ4n) is 0. The third-order valence-electron chi connectivity index (χ3n) is 0.122. The molecule has 0 rings (SSSR count). The monoisotopic (exact) mass is 189 g/mol. The van der Waals surface area contributed by atoms with Gasteiger partial charge in [-0.2, -0.15) is 0 Å². The zero-order valence-corrected chi connectivity index (χ0v) is 6.32. The van der Waals surface area contributed by atoms with Gasteiger partial charge in [0.2, 0.25) is 0 Å². The van der Waals surface area contributed by atoms with Crippen LogP contribution in [0, 0.1) is 5.41 Å². The van der Waals surface area contributed by atoms with E-state index in [0.717, 1.165) is 0 Å². The molecular formula is CH7N3O4S2. The van der Waals surface area contributed by atoms with E-state index in [-0.39, 0.29) is 5.96 Å². The Morgan fingerprint density at radius 3 is 1.30 bits per heavy atom. The van der Waals surface area contributed by atoms with Gasteiger partial charge in [0.15, 0.2) is 5.96 Å². The summed E-state index contributed by atoms with van der Waals surface area (Å²) in [4.78, 5) is 0. The number of hydrogen-bond donors (Lipinski definition) is 5. The quantitative estimate of drug-likeness (QED) is 0.142. The summed E-state index contributed by atoms with van der Waals surface area (Å²) < 4.78 is 33.6. The Kier molecular flexibility index (Phi) is 8.06. The molecular weight excluding hydrogens is 182 g/mol. The van der Waals surface area contributed by atoms with Gasteiger partial charge in [0, 0.05) is 0 Å². The summed E-state index contributed by atoms with van der Waals surface area (Å²) in [5.41, 5.74) is 8.94. The van der Waals surface area contributed by atoms with E-state index in [1.807, 2.05) is 0 Å². The average Bonchev–Trinajstić information content (AvgIpc) is 1.63. The first kappa shape index (κ1) is 12.2. The van der Waals surface area contributed by atoms with E-state index in [9.17, 15) is 8.42 Å². The number of nitrogens with one attached hydrogen (secondary N) is 1. The molecule has 0 fully saturated rings. The number of rotatable bonds is 1. The van der Waals surface area contributed by atoms with E-state index in [1.54, 1.807) is 0 Å². The summed E-state index contributed by atoms with van der Waals surface area (Å²) in [7, 11) is -5.18. The molecule has 7 N–H and O–H groups in total. The van der Waals surface area contributed by atoms with Gasteiger partial charge in [0.25, 0.3) is 20.2 Å². The normalized spacial score (nSPS) is 14.2. The molecule has 9 heteroatoms. The van der Waals surface area contributed by atoms with Gasteiger partial charge in [-0.25, -0.2) is 8.42 Å². The van der Waals surface area contributed by atoms with Gasteiger partial charge in [-0.05, 0) is 0 Å². The van der Waals surface area contributed by atoms with E-state index in [2.05, 4.69) is 11.5 Å². The van der Waals surface area contributed by atoms with Crippen LogP contribution in [0.15, 0.2) is 0 Å². The molecule has 2 atom stereocenters. The second-order valence-corrected chi connectivity index (χ2v) is 3.47. The van der Waals surface area contributed by atoms with Crippen LogP contribution in [0.25, 0.3) is 0 Å². The van der Waals surface area contributed by atoms with Gasteiger partial charge >= 0.3 is 0 Å². The zero-order chi connectivity index (χ0) is 8.73. The van der Waals surface area contributed by atoms with Crippen molar-refractivity contribution in [1.29, 1.82) is 5.41 Å². The van der Waals surface area contributed by atoms with Gasteiger partial charge < -0.3 is 11.5 Å². The van der Waals surface area contributed by atoms with Crippen LogP contribution in [0.2, 0.25) is 0 Å². The fourth-order valence-corrected chi connectivity index (χ4v) is 0. The standard InChI is InChI=1S/CH5N3.H2O4S2/c2-1(3)4;1-5(2)6(3)4/h(H5,2,3,4);(H,1,2)(H,3,4). The van der Waals surface area contributed by atoms with Crippen molar-refractivity contribution in [3.8, 4) is 0 Å². The summed E-state index contributed by atoms with van der Waals surface area (Å²) in [6, 6.07) is 0. The lowest BCUT2D eigenvalue weighted by atomic mass is 11.1. The maximum Gasteiger partial charge on any atom is 0.274 e. The van der Waals surface area contributed by atoms with Crippen LogP contribution in [0.1, 0.15) is 0 Å². The van der Waals surface area contributed by atoms with Crippen molar-refractivity contribution in [2.45, 2.75) is 0 Å². The van der Waals surface area contributed by atoms with Crippen LogP contribution in [-0.2, 0) is 20.2 Å². The van der Waals surface area contributed by atoms with Crippen LogP contribution >= 0.6 is 0 Å². The highest BCUT2D eigenvalue weighted by atomic mass is 33.2. The summed E-state index contributed by atoms with van der Waals surface area (Å²) in [5, 5.41) is 6.06. The maximum atomic E-state index is 9.26. The Labute approximate surface area is 61.3 Å². The highest BCUT2D eigenvalue weighted by Crippen LogP contribution is 1.74. The minimum absolute atomic E-state index is 0.333. The van der Waals surface area contributed by atoms with E-state index in [4.69, 9.17) is 14.5 Å². The number of nitrogens with two attached hydrogens (primary N) is 2. The summed E-state index contributed by atoms with van der Waals surface area (Å²) >= 11 is 0. The molecule has 0 radical (unpaired) electrons. The van der Waals surface area contributed by atoms with Crippen molar-refractivity contribution in [3.05, 3.63) is 0 Å². The molecule has 7 nitrogen and oxygen atoms in total. The Balaban J connectivity index is 0.